The van der Waals surface area contributed by atoms with E-state index < -0.39 is 5.97 Å². The second-order valence-corrected chi connectivity index (χ2v) is 15.9. The minimum Gasteiger partial charge on any atom is -0.481 e. The lowest BCUT2D eigenvalue weighted by Gasteiger charge is -2.30. The van der Waals surface area contributed by atoms with Crippen molar-refractivity contribution in [3.05, 3.63) is 44.6 Å². The summed E-state index contributed by atoms with van der Waals surface area (Å²) in [4.78, 5) is 12.4. The molecule has 4 fully saturated rings. The smallest absolute Gasteiger partial charge is 0.303 e. The molecular formula is C37H55BrO8S. The number of allylic oxidation sites excluding steroid dienone is 2. The monoisotopic (exact) mass is 738 g/mol. The Morgan fingerprint density at radius 3 is 2.23 bits per heavy atom. The maximum atomic E-state index is 11.0. The first-order chi connectivity index (χ1) is 22.9. The lowest BCUT2D eigenvalue weighted by atomic mass is 9.89. The van der Waals surface area contributed by atoms with E-state index in [1.54, 1.807) is 11.3 Å². The maximum absolute atomic E-state index is 11.0. The van der Waals surface area contributed by atoms with Crippen molar-refractivity contribution in [3.63, 3.8) is 0 Å². The molecule has 4 aliphatic rings. The quantitative estimate of drug-likeness (QED) is 0.125. The molecule has 0 bridgehead atoms. The summed E-state index contributed by atoms with van der Waals surface area (Å²) in [6.07, 6.45) is 22.6. The molecule has 1 aromatic heterocycles. The lowest BCUT2D eigenvalue weighted by molar-refractivity contribution is -0.203. The van der Waals surface area contributed by atoms with Crippen molar-refractivity contribution < 1.29 is 38.3 Å². The van der Waals surface area contributed by atoms with E-state index in [0.717, 1.165) is 110 Å². The Hall–Kier alpha value is -1.11. The molecular weight excluding hydrogens is 684 g/mol. The number of carboxylic acid groups (broad SMARTS) is 1. The van der Waals surface area contributed by atoms with Gasteiger partial charge in [0, 0.05) is 43.5 Å². The van der Waals surface area contributed by atoms with Gasteiger partial charge in [-0.05, 0) is 130 Å². The van der Waals surface area contributed by atoms with E-state index >= 15 is 0 Å². The van der Waals surface area contributed by atoms with Gasteiger partial charge in [-0.3, -0.25) is 4.79 Å². The molecule has 1 aromatic rings. The topological polar surface area (TPSA) is 92.7 Å². The van der Waals surface area contributed by atoms with Crippen LogP contribution in [-0.2, 0) is 39.6 Å². The van der Waals surface area contributed by atoms with E-state index in [0.29, 0.717) is 6.42 Å². The number of aryl methyl sites for hydroxylation is 2. The molecule has 0 radical (unpaired) electrons. The van der Waals surface area contributed by atoms with Crippen LogP contribution in [0.3, 0.4) is 0 Å². The van der Waals surface area contributed by atoms with Crippen LogP contribution in [-0.4, -0.2) is 68.1 Å². The maximum Gasteiger partial charge on any atom is 0.303 e. The fourth-order valence-electron chi connectivity index (χ4n) is 7.14. The molecule has 10 heteroatoms. The van der Waals surface area contributed by atoms with Crippen molar-refractivity contribution in [1.29, 1.82) is 0 Å². The number of hydrogen-bond acceptors (Lipinski definition) is 8. The molecule has 5 rings (SSSR count). The van der Waals surface area contributed by atoms with Crippen LogP contribution in [0.5, 0.6) is 0 Å². The number of halogens is 1. The Balaban J connectivity index is 1.35. The second-order valence-electron chi connectivity index (χ2n) is 13.5. The van der Waals surface area contributed by atoms with Crippen molar-refractivity contribution in [2.45, 2.75) is 147 Å². The van der Waals surface area contributed by atoms with Gasteiger partial charge in [-0.1, -0.05) is 24.3 Å². The highest BCUT2D eigenvalue weighted by molar-refractivity contribution is 9.11. The molecule has 8 atom stereocenters. The van der Waals surface area contributed by atoms with Crippen LogP contribution in [0.25, 0.3) is 0 Å². The molecule has 1 aliphatic carbocycles. The molecule has 3 unspecified atom stereocenters. The summed E-state index contributed by atoms with van der Waals surface area (Å²) in [7, 11) is 0. The van der Waals surface area contributed by atoms with Gasteiger partial charge >= 0.3 is 5.97 Å². The molecule has 47 heavy (non-hydrogen) atoms. The number of carboxylic acids is 1. The van der Waals surface area contributed by atoms with E-state index in [4.69, 9.17) is 33.5 Å². The fraction of sp³-hybridized carbons (Fsp3) is 0.757. The molecule has 0 aromatic carbocycles. The number of carbonyl (C=O) groups is 1. The van der Waals surface area contributed by atoms with Gasteiger partial charge in [-0.15, -0.1) is 11.3 Å². The van der Waals surface area contributed by atoms with Crippen LogP contribution < -0.4 is 0 Å². The molecule has 3 saturated heterocycles. The van der Waals surface area contributed by atoms with Gasteiger partial charge in [0.2, 0.25) is 0 Å². The number of ether oxygens (including phenoxy) is 6. The SMILES string of the molecule is Cc1cc(CC[C@H](/C=C/[C@H]2[C@H](C/C=C\CCCC(=O)O)[C@H](OC3CCCCO3)C[C@@H]2OC2CCCCO2)OC2CCCCO2)sc1Br. The highest BCUT2D eigenvalue weighted by atomic mass is 79.9. The van der Waals surface area contributed by atoms with E-state index in [1.807, 2.05) is 0 Å². The first kappa shape index (κ1) is 37.2. The first-order valence-corrected chi connectivity index (χ1v) is 19.7. The van der Waals surface area contributed by atoms with Crippen LogP contribution >= 0.6 is 27.3 Å². The molecule has 0 amide bonds. The van der Waals surface area contributed by atoms with Crippen LogP contribution in [0.1, 0.15) is 107 Å². The Labute approximate surface area is 293 Å². The van der Waals surface area contributed by atoms with Gasteiger partial charge in [0.25, 0.3) is 0 Å². The van der Waals surface area contributed by atoms with Crippen molar-refractivity contribution in [2.75, 3.05) is 19.8 Å². The second kappa shape index (κ2) is 19.9. The predicted molar refractivity (Wildman–Crippen MR) is 186 cm³/mol. The van der Waals surface area contributed by atoms with Crippen LogP contribution in [0, 0.1) is 18.8 Å². The number of rotatable bonds is 17. The molecule has 3 aliphatic heterocycles. The van der Waals surface area contributed by atoms with Gasteiger partial charge in [-0.2, -0.15) is 0 Å². The van der Waals surface area contributed by atoms with Gasteiger partial charge in [-0.25, -0.2) is 0 Å². The average molecular weight is 740 g/mol. The minimum atomic E-state index is -0.748. The predicted octanol–water partition coefficient (Wildman–Crippen LogP) is 8.88. The van der Waals surface area contributed by atoms with Gasteiger partial charge in [0.05, 0.1) is 22.1 Å². The Kier molecular flexibility index (Phi) is 15.7. The summed E-state index contributed by atoms with van der Waals surface area (Å²) in [5.41, 5.74) is 1.27. The minimum absolute atomic E-state index is 0.0162. The summed E-state index contributed by atoms with van der Waals surface area (Å²) in [5, 5.41) is 9.05. The van der Waals surface area contributed by atoms with Crippen LogP contribution in [0.2, 0.25) is 0 Å². The van der Waals surface area contributed by atoms with E-state index in [1.165, 1.54) is 14.2 Å². The summed E-state index contributed by atoms with van der Waals surface area (Å²) in [6.45, 7) is 4.38. The molecule has 264 valence electrons. The number of thiophene rings is 1. The zero-order chi connectivity index (χ0) is 32.8. The van der Waals surface area contributed by atoms with E-state index in [-0.39, 0.29) is 55.4 Å². The van der Waals surface area contributed by atoms with Crippen molar-refractivity contribution in [3.8, 4) is 0 Å². The summed E-state index contributed by atoms with van der Waals surface area (Å²) in [6, 6.07) is 2.27. The third kappa shape index (κ3) is 12.3. The number of hydrogen-bond donors (Lipinski definition) is 1. The molecule has 8 nitrogen and oxygen atoms in total. The zero-order valence-corrected chi connectivity index (χ0v) is 30.4. The summed E-state index contributed by atoms with van der Waals surface area (Å²) >= 11 is 5.49. The number of aliphatic carboxylic acids is 1. The first-order valence-electron chi connectivity index (χ1n) is 18.1. The van der Waals surface area contributed by atoms with Gasteiger partial charge in [0.1, 0.15) is 0 Å². The molecule has 0 spiro atoms. The van der Waals surface area contributed by atoms with E-state index in [2.05, 4.69) is 53.2 Å². The van der Waals surface area contributed by atoms with Crippen LogP contribution in [0.15, 0.2) is 34.2 Å². The Morgan fingerprint density at radius 1 is 0.979 bits per heavy atom. The molecule has 1 saturated carbocycles. The molecule has 1 N–H and O–H groups in total. The van der Waals surface area contributed by atoms with Gasteiger partial charge in [0.15, 0.2) is 18.9 Å². The fourth-order valence-corrected chi connectivity index (χ4v) is 8.78. The third-order valence-corrected chi connectivity index (χ3v) is 11.9. The standard InChI is InChI=1S/C37H55BrO8S/c1-26-24-28(47-37(26)38)19-17-27(44-34-14-6-9-21-41-34)18-20-30-29(12-4-2-3-5-13-33(39)40)31(45-35-15-7-10-22-42-35)25-32(30)46-36-16-8-11-23-43-36/h2,4,18,20,24,27,29-32,34-36H,3,5-17,19,21-23,25H2,1H3,(H,39,40)/b4-2-,20-18+/t27-,29+,30+,31-,32+,34?,35?,36?/m1/s1. The Bertz CT molecular complexity index is 1100. The van der Waals surface area contributed by atoms with Crippen molar-refractivity contribution >= 4 is 33.2 Å². The third-order valence-electron chi connectivity index (χ3n) is 9.73. The number of unbranched alkanes of at least 4 members (excludes halogenated alkanes) is 1. The van der Waals surface area contributed by atoms with Gasteiger partial charge < -0.3 is 33.5 Å². The zero-order valence-electron chi connectivity index (χ0n) is 28.0. The molecule has 4 heterocycles. The average Bonchev–Trinajstić information content (AvgIpc) is 3.57. The lowest BCUT2D eigenvalue weighted by Crippen LogP contribution is -2.31. The highest BCUT2D eigenvalue weighted by Gasteiger charge is 2.45. The van der Waals surface area contributed by atoms with E-state index in [9.17, 15) is 4.79 Å². The Morgan fingerprint density at radius 2 is 1.64 bits per heavy atom. The van der Waals surface area contributed by atoms with Crippen molar-refractivity contribution in [2.24, 2.45) is 11.8 Å². The van der Waals surface area contributed by atoms with Crippen LogP contribution in [0.4, 0.5) is 0 Å². The highest BCUT2D eigenvalue weighted by Crippen LogP contribution is 2.42. The normalized spacial score (nSPS) is 31.1. The largest absolute Gasteiger partial charge is 0.481 e. The summed E-state index contributed by atoms with van der Waals surface area (Å²) in [5.74, 6) is -0.458. The summed E-state index contributed by atoms with van der Waals surface area (Å²) < 4.78 is 39.4. The van der Waals surface area contributed by atoms with Crippen molar-refractivity contribution in [1.82, 2.24) is 0 Å².